The van der Waals surface area contributed by atoms with Crippen molar-refractivity contribution in [2.45, 2.75) is 44.6 Å². The third-order valence-corrected chi connectivity index (χ3v) is 5.02. The van der Waals surface area contributed by atoms with Crippen molar-refractivity contribution >= 4 is 16.7 Å². The maximum atomic E-state index is 12.4. The minimum atomic E-state index is -0.408. The number of aromatic nitrogens is 2. The highest BCUT2D eigenvalue weighted by atomic mass is 16.4. The lowest BCUT2D eigenvalue weighted by molar-refractivity contribution is 0.297. The third-order valence-electron chi connectivity index (χ3n) is 5.02. The Labute approximate surface area is 141 Å². The van der Waals surface area contributed by atoms with Crippen molar-refractivity contribution in [1.29, 1.82) is 0 Å². The van der Waals surface area contributed by atoms with Gasteiger partial charge in [-0.2, -0.15) is 0 Å². The summed E-state index contributed by atoms with van der Waals surface area (Å²) in [5.41, 5.74) is 0.193. The van der Waals surface area contributed by atoms with Crippen LogP contribution >= 0.6 is 0 Å². The molecule has 0 bridgehead atoms. The molecule has 0 atom stereocenters. The van der Waals surface area contributed by atoms with Crippen LogP contribution in [0.4, 0.5) is 5.82 Å². The molecule has 0 aliphatic heterocycles. The van der Waals surface area contributed by atoms with Crippen LogP contribution in [0.25, 0.3) is 10.9 Å². The fraction of sp³-hybridized carbons (Fsp3) is 0.500. The van der Waals surface area contributed by atoms with Gasteiger partial charge in [0.2, 0.25) is 0 Å². The first-order valence-corrected chi connectivity index (χ1v) is 8.54. The average molecular weight is 328 g/mol. The van der Waals surface area contributed by atoms with Crippen LogP contribution in [0.3, 0.4) is 0 Å². The first kappa shape index (κ1) is 16.5. The van der Waals surface area contributed by atoms with Crippen LogP contribution in [0, 0.1) is 0 Å². The average Bonchev–Trinajstić information content (AvgIpc) is 2.94. The van der Waals surface area contributed by atoms with Crippen molar-refractivity contribution in [2.75, 3.05) is 11.9 Å². The zero-order chi connectivity index (χ0) is 17.1. The van der Waals surface area contributed by atoms with E-state index in [1.807, 2.05) is 31.3 Å². The summed E-state index contributed by atoms with van der Waals surface area (Å²) in [5, 5.41) is 13.3. The van der Waals surface area contributed by atoms with Gasteiger partial charge in [-0.05, 0) is 25.0 Å². The molecule has 3 rings (SSSR count). The van der Waals surface area contributed by atoms with Crippen LogP contribution in [0.5, 0.6) is 0 Å². The van der Waals surface area contributed by atoms with Crippen LogP contribution in [0.15, 0.2) is 34.2 Å². The first-order valence-electron chi connectivity index (χ1n) is 8.54. The van der Waals surface area contributed by atoms with Gasteiger partial charge in [-0.15, -0.1) is 0 Å². The zero-order valence-corrected chi connectivity index (χ0v) is 14.3. The second kappa shape index (κ2) is 7.03. The lowest BCUT2D eigenvalue weighted by atomic mass is 10.1. The monoisotopic (exact) mass is 328 g/mol. The molecule has 24 heavy (non-hydrogen) atoms. The van der Waals surface area contributed by atoms with Crippen molar-refractivity contribution in [3.63, 3.8) is 0 Å². The molecule has 1 heterocycles. The summed E-state index contributed by atoms with van der Waals surface area (Å²) >= 11 is 0. The molecule has 1 aromatic heterocycles. The van der Waals surface area contributed by atoms with Gasteiger partial charge in [-0.1, -0.05) is 43.0 Å². The van der Waals surface area contributed by atoms with E-state index in [0.717, 1.165) is 23.7 Å². The van der Waals surface area contributed by atoms with Crippen LogP contribution < -0.4 is 15.9 Å². The summed E-state index contributed by atoms with van der Waals surface area (Å²) in [4.78, 5) is 19.0. The van der Waals surface area contributed by atoms with E-state index in [-0.39, 0.29) is 5.49 Å². The Kier molecular flexibility index (Phi) is 4.83. The summed E-state index contributed by atoms with van der Waals surface area (Å²) < 4.78 is 1.49. The van der Waals surface area contributed by atoms with E-state index in [2.05, 4.69) is 15.0 Å². The molecule has 0 unspecified atom stereocenters. The SMILES string of the molecule is CN(c1n/c(=N/O)c(=O)n(C)c2ccccc12)C1CCCCCC1. The Morgan fingerprint density at radius 3 is 2.54 bits per heavy atom. The van der Waals surface area contributed by atoms with Crippen molar-refractivity contribution in [1.82, 2.24) is 9.55 Å². The lowest BCUT2D eigenvalue weighted by Gasteiger charge is -2.28. The number of fused-ring (bicyclic) bond motifs is 1. The van der Waals surface area contributed by atoms with Crippen molar-refractivity contribution in [3.8, 4) is 0 Å². The van der Waals surface area contributed by atoms with E-state index >= 15 is 0 Å². The number of nitrogens with zero attached hydrogens (tertiary/aromatic N) is 4. The van der Waals surface area contributed by atoms with E-state index in [1.165, 1.54) is 30.3 Å². The van der Waals surface area contributed by atoms with E-state index in [4.69, 9.17) is 0 Å². The molecule has 6 nitrogen and oxygen atoms in total. The molecule has 1 aliphatic carbocycles. The minimum Gasteiger partial charge on any atom is -0.409 e. The predicted molar refractivity (Wildman–Crippen MR) is 94.2 cm³/mol. The summed E-state index contributed by atoms with van der Waals surface area (Å²) in [7, 11) is 3.70. The molecule has 1 aliphatic rings. The second-order valence-corrected chi connectivity index (χ2v) is 6.50. The van der Waals surface area contributed by atoms with Gasteiger partial charge in [0.25, 0.3) is 11.0 Å². The lowest BCUT2D eigenvalue weighted by Crippen LogP contribution is -2.35. The highest BCUT2D eigenvalue weighted by Crippen LogP contribution is 2.27. The van der Waals surface area contributed by atoms with E-state index in [1.54, 1.807) is 7.05 Å². The van der Waals surface area contributed by atoms with E-state index in [0.29, 0.717) is 11.9 Å². The van der Waals surface area contributed by atoms with Crippen molar-refractivity contribution in [2.24, 2.45) is 12.2 Å². The van der Waals surface area contributed by atoms with Gasteiger partial charge >= 0.3 is 0 Å². The van der Waals surface area contributed by atoms with E-state index < -0.39 is 5.56 Å². The van der Waals surface area contributed by atoms with E-state index in [9.17, 15) is 10.0 Å². The third kappa shape index (κ3) is 3.00. The summed E-state index contributed by atoms with van der Waals surface area (Å²) in [6.07, 6.45) is 7.21. The molecule has 1 aromatic carbocycles. The van der Waals surface area contributed by atoms with Crippen molar-refractivity contribution < 1.29 is 5.21 Å². The van der Waals surface area contributed by atoms with Crippen LogP contribution in [0.1, 0.15) is 38.5 Å². The smallest absolute Gasteiger partial charge is 0.299 e. The molecule has 1 N–H and O–H groups in total. The fourth-order valence-electron chi connectivity index (χ4n) is 3.58. The molecule has 0 amide bonds. The fourth-order valence-corrected chi connectivity index (χ4v) is 3.58. The molecule has 1 saturated carbocycles. The topological polar surface area (TPSA) is 70.7 Å². The van der Waals surface area contributed by atoms with Crippen LogP contribution in [-0.2, 0) is 7.05 Å². The summed E-state index contributed by atoms with van der Waals surface area (Å²) in [6, 6.07) is 8.08. The quantitative estimate of drug-likeness (QED) is 0.522. The Bertz CT molecular complexity index is 852. The highest BCUT2D eigenvalue weighted by molar-refractivity contribution is 5.89. The van der Waals surface area contributed by atoms with Crippen LogP contribution in [0.2, 0.25) is 0 Å². The predicted octanol–water partition coefficient (Wildman–Crippen LogP) is 2.38. The molecule has 128 valence electrons. The number of hydrogen-bond acceptors (Lipinski definition) is 5. The molecule has 2 aromatic rings. The molecule has 0 radical (unpaired) electrons. The second-order valence-electron chi connectivity index (χ2n) is 6.50. The first-order chi connectivity index (χ1) is 11.6. The molecule has 1 fully saturated rings. The molecular weight excluding hydrogens is 304 g/mol. The molecule has 0 spiro atoms. The zero-order valence-electron chi connectivity index (χ0n) is 14.3. The summed E-state index contributed by atoms with van der Waals surface area (Å²) in [6.45, 7) is 0. The van der Waals surface area contributed by atoms with Gasteiger partial charge in [-0.25, -0.2) is 4.98 Å². The maximum Gasteiger partial charge on any atom is 0.299 e. The number of para-hydroxylation sites is 1. The molecular formula is C18H24N4O2. The largest absolute Gasteiger partial charge is 0.409 e. The normalized spacial score (nSPS) is 17.0. The Morgan fingerprint density at radius 2 is 1.88 bits per heavy atom. The van der Waals surface area contributed by atoms with Crippen molar-refractivity contribution in [3.05, 3.63) is 40.1 Å². The van der Waals surface area contributed by atoms with Gasteiger partial charge < -0.3 is 14.7 Å². The van der Waals surface area contributed by atoms with Gasteiger partial charge in [0.05, 0.1) is 5.52 Å². The van der Waals surface area contributed by atoms with Gasteiger partial charge in [-0.3, -0.25) is 4.79 Å². The molecule has 0 saturated heterocycles. The Morgan fingerprint density at radius 1 is 1.21 bits per heavy atom. The number of benzene rings is 1. The Hall–Kier alpha value is -2.37. The van der Waals surface area contributed by atoms with Gasteiger partial charge in [0, 0.05) is 25.5 Å². The van der Waals surface area contributed by atoms with Crippen LogP contribution in [-0.4, -0.2) is 27.8 Å². The number of anilines is 1. The van der Waals surface area contributed by atoms with Gasteiger partial charge in [0.1, 0.15) is 5.82 Å². The number of rotatable bonds is 2. The maximum absolute atomic E-state index is 12.4. The highest BCUT2D eigenvalue weighted by Gasteiger charge is 2.20. The number of aryl methyl sites for hydroxylation is 1. The standard InChI is InChI=1S/C18H24N4O2/c1-21(13-9-5-3-4-6-10-13)17-14-11-7-8-12-15(14)22(2)18(23)16(19-17)20-24/h7-8,11-13,24H,3-6,9-10H2,1-2H3/b20-16+. The number of hydrogen-bond donors (Lipinski definition) is 1. The molecule has 6 heteroatoms. The van der Waals surface area contributed by atoms with Gasteiger partial charge in [0.15, 0.2) is 0 Å². The summed E-state index contributed by atoms with van der Waals surface area (Å²) in [5.74, 6) is 0.697. The minimum absolute atomic E-state index is 0.177. The Balaban J connectivity index is 2.25.